The second kappa shape index (κ2) is 10.9. The van der Waals surface area contributed by atoms with Crippen LogP contribution >= 0.6 is 12.2 Å². The van der Waals surface area contributed by atoms with E-state index in [1.54, 1.807) is 13.2 Å². The Morgan fingerprint density at radius 1 is 1.11 bits per heavy atom. The zero-order valence-electron chi connectivity index (χ0n) is 15.3. The van der Waals surface area contributed by atoms with Crippen LogP contribution in [0.5, 0.6) is 11.5 Å². The monoisotopic (exact) mass is 385 g/mol. The Hall–Kier alpha value is -2.90. The predicted octanol–water partition coefficient (Wildman–Crippen LogP) is 3.02. The van der Waals surface area contributed by atoms with Crippen molar-refractivity contribution in [2.24, 2.45) is 0 Å². The van der Waals surface area contributed by atoms with Gasteiger partial charge in [-0.2, -0.15) is 0 Å². The van der Waals surface area contributed by atoms with Gasteiger partial charge >= 0.3 is 0 Å². The van der Waals surface area contributed by atoms with E-state index in [1.807, 2.05) is 61.5 Å². The fraction of sp³-hybridized carbons (Fsp3) is 0.200. The van der Waals surface area contributed by atoms with Crippen molar-refractivity contribution in [2.75, 3.05) is 13.7 Å². The van der Waals surface area contributed by atoms with Crippen LogP contribution < -0.4 is 20.9 Å². The summed E-state index contributed by atoms with van der Waals surface area (Å²) in [5, 5.41) is 3.30. The first kappa shape index (κ1) is 20.4. The Bertz CT molecular complexity index is 781. The van der Waals surface area contributed by atoms with Crippen molar-refractivity contribution in [3.8, 4) is 11.5 Å². The van der Waals surface area contributed by atoms with Crippen molar-refractivity contribution >= 4 is 29.3 Å². The third-order valence-electron chi connectivity index (χ3n) is 3.36. The van der Waals surface area contributed by atoms with Gasteiger partial charge in [0.05, 0.1) is 6.61 Å². The lowest BCUT2D eigenvalue weighted by molar-refractivity contribution is -0.116. The van der Waals surface area contributed by atoms with Gasteiger partial charge in [-0.15, -0.1) is 0 Å². The van der Waals surface area contributed by atoms with Crippen molar-refractivity contribution in [3.05, 3.63) is 66.2 Å². The number of carbonyl (C=O) groups excluding carboxylic acids is 1. The first-order valence-corrected chi connectivity index (χ1v) is 8.84. The fourth-order valence-corrected chi connectivity index (χ4v) is 2.44. The Morgan fingerprint density at radius 3 is 2.59 bits per heavy atom. The van der Waals surface area contributed by atoms with Crippen LogP contribution in [0, 0.1) is 0 Å². The zero-order chi connectivity index (χ0) is 19.5. The van der Waals surface area contributed by atoms with Gasteiger partial charge in [0.15, 0.2) is 5.11 Å². The number of thiocarbonyl (C=S) groups is 1. The minimum Gasteiger partial charge on any atom is -0.457 e. The third-order valence-corrected chi connectivity index (χ3v) is 3.58. The summed E-state index contributed by atoms with van der Waals surface area (Å²) in [7, 11) is 1.61. The van der Waals surface area contributed by atoms with Crippen LogP contribution in [0.25, 0.3) is 6.08 Å². The summed E-state index contributed by atoms with van der Waals surface area (Å²) in [5.74, 6) is 1.12. The van der Waals surface area contributed by atoms with Gasteiger partial charge in [0.25, 0.3) is 5.91 Å². The van der Waals surface area contributed by atoms with E-state index in [9.17, 15) is 4.79 Å². The zero-order valence-corrected chi connectivity index (χ0v) is 16.1. The molecule has 1 atom stereocenters. The minimum atomic E-state index is -0.326. The van der Waals surface area contributed by atoms with Gasteiger partial charge in [-0.1, -0.05) is 30.3 Å². The molecular formula is C20H23N3O3S. The van der Waals surface area contributed by atoms with Crippen molar-refractivity contribution < 1.29 is 14.3 Å². The number of hydrazine groups is 1. The molecule has 2 aromatic carbocycles. The van der Waals surface area contributed by atoms with E-state index < -0.39 is 0 Å². The first-order chi connectivity index (χ1) is 13.1. The average Bonchev–Trinajstić information content (AvgIpc) is 2.66. The molecule has 0 unspecified atom stereocenters. The molecule has 3 N–H and O–H groups in total. The summed E-state index contributed by atoms with van der Waals surface area (Å²) in [6.07, 6.45) is 3.11. The molecule has 0 aliphatic heterocycles. The number of methoxy groups -OCH3 is 1. The molecule has 0 heterocycles. The van der Waals surface area contributed by atoms with Crippen LogP contribution in [-0.4, -0.2) is 30.8 Å². The molecule has 0 saturated carbocycles. The SMILES string of the molecule is COC[C@H](C)NC(=S)NNC(=O)/C=C/c1cccc(Oc2ccccc2)c1. The van der Waals surface area contributed by atoms with E-state index in [4.69, 9.17) is 21.7 Å². The van der Waals surface area contributed by atoms with E-state index in [2.05, 4.69) is 16.2 Å². The number of hydrogen-bond acceptors (Lipinski definition) is 4. The number of nitrogens with one attached hydrogen (secondary N) is 3. The van der Waals surface area contributed by atoms with Crippen molar-refractivity contribution in [1.29, 1.82) is 0 Å². The largest absolute Gasteiger partial charge is 0.457 e. The van der Waals surface area contributed by atoms with E-state index in [1.165, 1.54) is 6.08 Å². The highest BCUT2D eigenvalue weighted by Crippen LogP contribution is 2.22. The van der Waals surface area contributed by atoms with Gasteiger partial charge in [-0.05, 0) is 55.0 Å². The molecule has 0 fully saturated rings. The molecule has 2 aromatic rings. The maximum atomic E-state index is 11.9. The summed E-state index contributed by atoms with van der Waals surface area (Å²) < 4.78 is 10.8. The number of rotatable bonds is 7. The Morgan fingerprint density at radius 2 is 1.85 bits per heavy atom. The van der Waals surface area contributed by atoms with E-state index in [-0.39, 0.29) is 11.9 Å². The second-order valence-corrected chi connectivity index (χ2v) is 6.17. The molecule has 142 valence electrons. The van der Waals surface area contributed by atoms with Crippen molar-refractivity contribution in [2.45, 2.75) is 13.0 Å². The molecule has 0 aliphatic rings. The van der Waals surface area contributed by atoms with Gasteiger partial charge in [0.2, 0.25) is 0 Å². The first-order valence-electron chi connectivity index (χ1n) is 8.43. The number of amides is 1. The Balaban J connectivity index is 1.83. The molecule has 0 bridgehead atoms. The summed E-state index contributed by atoms with van der Waals surface area (Å²) >= 11 is 5.09. The lowest BCUT2D eigenvalue weighted by atomic mass is 10.2. The fourth-order valence-electron chi connectivity index (χ4n) is 2.19. The number of ether oxygens (including phenoxy) is 2. The van der Waals surface area contributed by atoms with E-state index in [0.717, 1.165) is 11.3 Å². The molecule has 2 rings (SSSR count). The van der Waals surface area contributed by atoms with Crippen molar-refractivity contribution in [1.82, 2.24) is 16.2 Å². The standard InChI is InChI=1S/C20H23N3O3S/c1-15(14-25-2)21-20(27)23-22-19(24)12-11-16-7-6-10-18(13-16)26-17-8-4-3-5-9-17/h3-13,15H,14H2,1-2H3,(H,22,24)(H2,21,23,27)/b12-11+/t15-/m0/s1. The number of para-hydroxylation sites is 1. The molecule has 0 spiro atoms. The molecule has 1 amide bonds. The smallest absolute Gasteiger partial charge is 0.262 e. The van der Waals surface area contributed by atoms with E-state index in [0.29, 0.717) is 17.5 Å². The molecule has 27 heavy (non-hydrogen) atoms. The summed E-state index contributed by atoms with van der Waals surface area (Å²) in [4.78, 5) is 11.9. The maximum absolute atomic E-state index is 11.9. The topological polar surface area (TPSA) is 71.6 Å². The number of carbonyl (C=O) groups is 1. The number of benzene rings is 2. The van der Waals surface area contributed by atoms with Crippen LogP contribution in [0.2, 0.25) is 0 Å². The molecule has 0 aromatic heterocycles. The van der Waals surface area contributed by atoms with Gasteiger partial charge < -0.3 is 14.8 Å². The van der Waals surface area contributed by atoms with Gasteiger partial charge in [0, 0.05) is 19.2 Å². The summed E-state index contributed by atoms with van der Waals surface area (Å²) in [6, 6.07) is 17.0. The van der Waals surface area contributed by atoms with Crippen LogP contribution in [0.3, 0.4) is 0 Å². The minimum absolute atomic E-state index is 0.0369. The number of hydrogen-bond donors (Lipinski definition) is 3. The molecule has 0 aliphatic carbocycles. The highest BCUT2D eigenvalue weighted by Gasteiger charge is 2.04. The molecular weight excluding hydrogens is 362 g/mol. The van der Waals surface area contributed by atoms with Crippen LogP contribution in [0.1, 0.15) is 12.5 Å². The molecule has 0 radical (unpaired) electrons. The lowest BCUT2D eigenvalue weighted by Crippen LogP contribution is -2.49. The Kier molecular flexibility index (Phi) is 8.28. The summed E-state index contributed by atoms with van der Waals surface area (Å²) in [5.41, 5.74) is 5.99. The molecule has 7 heteroatoms. The molecule has 6 nitrogen and oxygen atoms in total. The molecule has 0 saturated heterocycles. The lowest BCUT2D eigenvalue weighted by Gasteiger charge is -2.15. The van der Waals surface area contributed by atoms with E-state index >= 15 is 0 Å². The Labute approximate surface area is 164 Å². The van der Waals surface area contributed by atoms with Gasteiger partial charge in [-0.3, -0.25) is 15.6 Å². The third kappa shape index (κ3) is 7.89. The average molecular weight is 385 g/mol. The second-order valence-electron chi connectivity index (χ2n) is 5.77. The van der Waals surface area contributed by atoms with Crippen LogP contribution in [0.4, 0.5) is 0 Å². The van der Waals surface area contributed by atoms with Gasteiger partial charge in [0.1, 0.15) is 11.5 Å². The summed E-state index contributed by atoms with van der Waals surface area (Å²) in [6.45, 7) is 2.43. The van der Waals surface area contributed by atoms with Crippen LogP contribution in [0.15, 0.2) is 60.7 Å². The van der Waals surface area contributed by atoms with Crippen molar-refractivity contribution in [3.63, 3.8) is 0 Å². The highest BCUT2D eigenvalue weighted by atomic mass is 32.1. The predicted molar refractivity (Wildman–Crippen MR) is 110 cm³/mol. The maximum Gasteiger partial charge on any atom is 0.262 e. The van der Waals surface area contributed by atoms with Gasteiger partial charge in [-0.25, -0.2) is 0 Å². The quantitative estimate of drug-likeness (QED) is 0.387. The normalized spacial score (nSPS) is 11.6. The highest BCUT2D eigenvalue weighted by molar-refractivity contribution is 7.80. The van der Waals surface area contributed by atoms with Crippen LogP contribution in [-0.2, 0) is 9.53 Å².